The molecule has 144 valence electrons. The highest BCUT2D eigenvalue weighted by atomic mass is 35.5. The van der Waals surface area contributed by atoms with Crippen LogP contribution in [-0.4, -0.2) is 39.5 Å². The number of hydrogen-bond acceptors (Lipinski definition) is 4. The van der Waals surface area contributed by atoms with Gasteiger partial charge in [-0.25, -0.2) is 4.98 Å². The molecule has 1 unspecified atom stereocenters. The van der Waals surface area contributed by atoms with Gasteiger partial charge in [0.2, 0.25) is 5.91 Å². The number of halogens is 1. The van der Waals surface area contributed by atoms with E-state index in [2.05, 4.69) is 4.98 Å². The van der Waals surface area contributed by atoms with Crippen LogP contribution < -0.4 is 0 Å². The molecule has 0 aliphatic carbocycles. The molecular formula is C20H23ClN2O4. The SMILES string of the molecule is O=C(O)CCC1CCCCN1C(=O)CCc1ncc(-c2ccccc2Cl)o1. The molecule has 6 nitrogen and oxygen atoms in total. The molecule has 3 rings (SSSR count). The van der Waals surface area contributed by atoms with Gasteiger partial charge in [0.05, 0.1) is 11.2 Å². The van der Waals surface area contributed by atoms with Gasteiger partial charge in [-0.05, 0) is 37.8 Å². The summed E-state index contributed by atoms with van der Waals surface area (Å²) in [4.78, 5) is 29.6. The van der Waals surface area contributed by atoms with Crippen LogP contribution in [-0.2, 0) is 16.0 Å². The largest absolute Gasteiger partial charge is 0.481 e. The van der Waals surface area contributed by atoms with Gasteiger partial charge >= 0.3 is 5.97 Å². The number of aromatic nitrogens is 1. The molecule has 1 aliphatic rings. The first-order chi connectivity index (χ1) is 13.0. The highest BCUT2D eigenvalue weighted by Crippen LogP contribution is 2.28. The predicted molar refractivity (Wildman–Crippen MR) is 101 cm³/mol. The van der Waals surface area contributed by atoms with Crippen LogP contribution in [0.15, 0.2) is 34.9 Å². The van der Waals surface area contributed by atoms with Crippen LogP contribution in [0.4, 0.5) is 0 Å². The van der Waals surface area contributed by atoms with Crippen LogP contribution in [0.2, 0.25) is 5.02 Å². The average molecular weight is 391 g/mol. The van der Waals surface area contributed by atoms with Crippen LogP contribution >= 0.6 is 11.6 Å². The van der Waals surface area contributed by atoms with Crippen molar-refractivity contribution in [2.45, 2.75) is 51.0 Å². The third-order valence-corrected chi connectivity index (χ3v) is 5.21. The van der Waals surface area contributed by atoms with Crippen molar-refractivity contribution in [2.75, 3.05) is 6.54 Å². The maximum atomic E-state index is 12.6. The number of benzene rings is 1. The van der Waals surface area contributed by atoms with Gasteiger partial charge in [0, 0.05) is 37.4 Å². The molecule has 0 radical (unpaired) electrons. The Bertz CT molecular complexity index is 805. The van der Waals surface area contributed by atoms with Crippen LogP contribution in [0, 0.1) is 0 Å². The Labute approximate surface area is 163 Å². The number of carbonyl (C=O) groups is 2. The van der Waals surface area contributed by atoms with Gasteiger partial charge in [0.1, 0.15) is 0 Å². The Hall–Kier alpha value is -2.34. The molecule has 27 heavy (non-hydrogen) atoms. The fourth-order valence-corrected chi connectivity index (χ4v) is 3.72. The molecule has 7 heteroatoms. The van der Waals surface area contributed by atoms with Crippen LogP contribution in [0.25, 0.3) is 11.3 Å². The van der Waals surface area contributed by atoms with Crippen molar-refractivity contribution in [3.05, 3.63) is 41.4 Å². The van der Waals surface area contributed by atoms with Gasteiger partial charge in [0.25, 0.3) is 0 Å². The van der Waals surface area contributed by atoms with Crippen molar-refractivity contribution in [1.82, 2.24) is 9.88 Å². The number of hydrogen-bond donors (Lipinski definition) is 1. The lowest BCUT2D eigenvalue weighted by molar-refractivity contribution is -0.140. The third kappa shape index (κ3) is 5.10. The van der Waals surface area contributed by atoms with E-state index in [0.29, 0.717) is 42.5 Å². The standard InChI is InChI=1S/C20H23ClN2O4/c21-16-7-2-1-6-15(16)17-13-22-18(27-17)9-10-19(24)23-12-4-3-5-14(23)8-11-20(25)26/h1-2,6-7,13-14H,3-5,8-12H2,(H,25,26). The molecular weight excluding hydrogens is 368 g/mol. The zero-order chi connectivity index (χ0) is 19.2. The number of carboxylic acids is 1. The Morgan fingerprint density at radius 3 is 2.85 bits per heavy atom. The Kier molecular flexibility index (Phi) is 6.50. The van der Waals surface area contributed by atoms with E-state index in [0.717, 1.165) is 24.8 Å². The van der Waals surface area contributed by atoms with E-state index in [1.165, 1.54) is 0 Å². The molecule has 1 saturated heterocycles. The summed E-state index contributed by atoms with van der Waals surface area (Å²) in [5.41, 5.74) is 0.772. The molecule has 0 bridgehead atoms. The summed E-state index contributed by atoms with van der Waals surface area (Å²) in [6.07, 6.45) is 5.80. The Balaban J connectivity index is 1.58. The molecule has 1 N–H and O–H groups in total. The van der Waals surface area contributed by atoms with Gasteiger partial charge in [-0.15, -0.1) is 0 Å². The van der Waals surface area contributed by atoms with Crippen molar-refractivity contribution < 1.29 is 19.1 Å². The van der Waals surface area contributed by atoms with Crippen molar-refractivity contribution >= 4 is 23.5 Å². The lowest BCUT2D eigenvalue weighted by Gasteiger charge is -2.35. The molecule has 2 aromatic rings. The number of amides is 1. The molecule has 1 aliphatic heterocycles. The first-order valence-corrected chi connectivity index (χ1v) is 9.63. The third-order valence-electron chi connectivity index (χ3n) is 4.88. The summed E-state index contributed by atoms with van der Waals surface area (Å²) in [6, 6.07) is 7.39. The average Bonchev–Trinajstić information content (AvgIpc) is 3.14. The van der Waals surface area contributed by atoms with Crippen LogP contribution in [0.5, 0.6) is 0 Å². The second kappa shape index (κ2) is 9.04. The summed E-state index contributed by atoms with van der Waals surface area (Å²) in [7, 11) is 0. The number of piperidine rings is 1. The minimum absolute atomic E-state index is 0.0191. The number of aliphatic carboxylic acids is 1. The minimum atomic E-state index is -0.820. The maximum absolute atomic E-state index is 12.6. The van der Waals surface area contributed by atoms with E-state index in [1.807, 2.05) is 23.1 Å². The molecule has 1 atom stereocenters. The number of carboxylic acid groups (broad SMARTS) is 1. The van der Waals surface area contributed by atoms with Gasteiger partial charge in [0.15, 0.2) is 11.7 Å². The molecule has 1 aromatic carbocycles. The fourth-order valence-electron chi connectivity index (χ4n) is 3.49. The molecule has 0 spiro atoms. The zero-order valence-corrected chi connectivity index (χ0v) is 15.8. The highest BCUT2D eigenvalue weighted by Gasteiger charge is 2.27. The topological polar surface area (TPSA) is 83.6 Å². The van der Waals surface area contributed by atoms with E-state index >= 15 is 0 Å². The van der Waals surface area contributed by atoms with E-state index in [4.69, 9.17) is 21.1 Å². The predicted octanol–water partition coefficient (Wildman–Crippen LogP) is 4.17. The number of carbonyl (C=O) groups excluding carboxylic acids is 1. The quantitative estimate of drug-likeness (QED) is 0.766. The monoisotopic (exact) mass is 390 g/mol. The summed E-state index contributed by atoms with van der Waals surface area (Å²) >= 11 is 6.17. The molecule has 1 fully saturated rings. The summed E-state index contributed by atoms with van der Waals surface area (Å²) < 4.78 is 5.75. The number of likely N-dealkylation sites (tertiary alicyclic amines) is 1. The van der Waals surface area contributed by atoms with Gasteiger partial charge in [-0.3, -0.25) is 9.59 Å². The number of nitrogens with zero attached hydrogens (tertiary/aromatic N) is 2. The normalized spacial score (nSPS) is 17.1. The van der Waals surface area contributed by atoms with E-state index < -0.39 is 5.97 Å². The highest BCUT2D eigenvalue weighted by molar-refractivity contribution is 6.33. The fraction of sp³-hybridized carbons (Fsp3) is 0.450. The lowest BCUT2D eigenvalue weighted by atomic mass is 9.97. The number of oxazole rings is 1. The van der Waals surface area contributed by atoms with E-state index in [1.54, 1.807) is 12.3 Å². The lowest BCUT2D eigenvalue weighted by Crippen LogP contribution is -2.44. The Morgan fingerprint density at radius 2 is 2.07 bits per heavy atom. The van der Waals surface area contributed by atoms with Crippen molar-refractivity contribution in [3.8, 4) is 11.3 Å². The first-order valence-electron chi connectivity index (χ1n) is 9.25. The first kappa shape index (κ1) is 19.4. The summed E-state index contributed by atoms with van der Waals surface area (Å²) in [6.45, 7) is 0.694. The van der Waals surface area contributed by atoms with Crippen molar-refractivity contribution in [1.29, 1.82) is 0 Å². The minimum Gasteiger partial charge on any atom is -0.481 e. The van der Waals surface area contributed by atoms with Crippen LogP contribution in [0.3, 0.4) is 0 Å². The second-order valence-electron chi connectivity index (χ2n) is 6.77. The number of rotatable bonds is 7. The number of aryl methyl sites for hydroxylation is 1. The molecule has 1 amide bonds. The maximum Gasteiger partial charge on any atom is 0.303 e. The zero-order valence-electron chi connectivity index (χ0n) is 15.1. The van der Waals surface area contributed by atoms with Gasteiger partial charge in [-0.2, -0.15) is 0 Å². The van der Waals surface area contributed by atoms with Crippen molar-refractivity contribution in [3.63, 3.8) is 0 Å². The smallest absolute Gasteiger partial charge is 0.303 e. The summed E-state index contributed by atoms with van der Waals surface area (Å²) in [5, 5.41) is 9.49. The molecule has 1 aromatic heterocycles. The van der Waals surface area contributed by atoms with Crippen molar-refractivity contribution in [2.24, 2.45) is 0 Å². The molecule has 2 heterocycles. The van der Waals surface area contributed by atoms with Gasteiger partial charge < -0.3 is 14.4 Å². The van der Waals surface area contributed by atoms with Gasteiger partial charge in [-0.1, -0.05) is 23.7 Å². The van der Waals surface area contributed by atoms with E-state index in [-0.39, 0.29) is 18.4 Å². The van der Waals surface area contributed by atoms with Crippen LogP contribution in [0.1, 0.15) is 44.4 Å². The van der Waals surface area contributed by atoms with E-state index in [9.17, 15) is 9.59 Å². The summed E-state index contributed by atoms with van der Waals surface area (Å²) in [5.74, 6) is 0.292. The Morgan fingerprint density at radius 1 is 1.26 bits per heavy atom. The molecule has 0 saturated carbocycles. The second-order valence-corrected chi connectivity index (χ2v) is 7.17.